The molecule has 0 saturated heterocycles. The number of hydrogen-bond acceptors (Lipinski definition) is 8. The number of anilines is 1. The molecule has 9 nitrogen and oxygen atoms in total. The van der Waals surface area contributed by atoms with Crippen molar-refractivity contribution in [1.29, 1.82) is 0 Å². The third-order valence-electron chi connectivity index (χ3n) is 5.12. The lowest BCUT2D eigenvalue weighted by Crippen LogP contribution is -2.26. The third-order valence-corrected chi connectivity index (χ3v) is 6.19. The van der Waals surface area contributed by atoms with Gasteiger partial charge in [0, 0.05) is 17.7 Å². The summed E-state index contributed by atoms with van der Waals surface area (Å²) in [6, 6.07) is 12.8. The van der Waals surface area contributed by atoms with Crippen LogP contribution in [0.25, 0.3) is 10.9 Å². The van der Waals surface area contributed by atoms with Gasteiger partial charge in [-0.25, -0.2) is 9.67 Å². The molecule has 0 atom stereocenters. The van der Waals surface area contributed by atoms with Crippen molar-refractivity contribution in [2.75, 3.05) is 12.1 Å². The first kappa shape index (κ1) is 20.1. The molecular formula is C22H19N5O4S. The molecule has 0 saturated carbocycles. The summed E-state index contributed by atoms with van der Waals surface area (Å²) in [6.45, 7) is 2.29. The second-order valence-corrected chi connectivity index (χ2v) is 8.41. The Kier molecular flexibility index (Phi) is 5.28. The van der Waals surface area contributed by atoms with Gasteiger partial charge in [0.05, 0.1) is 17.6 Å². The Hall–Kier alpha value is -3.79. The SMILES string of the molecule is Cc1nc(NC(=O)CCn2nnc3ccccc3c2=O)sc1Cc1ccc2c(c1)OCO2. The largest absolute Gasteiger partial charge is 0.454 e. The van der Waals surface area contributed by atoms with E-state index in [-0.39, 0.29) is 31.2 Å². The summed E-state index contributed by atoms with van der Waals surface area (Å²) in [5, 5.41) is 11.8. The van der Waals surface area contributed by atoms with Crippen molar-refractivity contribution in [3.05, 3.63) is 69.0 Å². The molecule has 3 heterocycles. The number of hydrogen-bond donors (Lipinski definition) is 1. The zero-order chi connectivity index (χ0) is 22.1. The number of nitrogens with one attached hydrogen (secondary N) is 1. The van der Waals surface area contributed by atoms with Crippen LogP contribution >= 0.6 is 11.3 Å². The van der Waals surface area contributed by atoms with Crippen LogP contribution in [0.4, 0.5) is 5.13 Å². The lowest BCUT2D eigenvalue weighted by molar-refractivity contribution is -0.116. The van der Waals surface area contributed by atoms with Crippen LogP contribution in [-0.2, 0) is 17.8 Å². The van der Waals surface area contributed by atoms with Gasteiger partial charge in [0.1, 0.15) is 5.52 Å². The molecule has 0 fully saturated rings. The summed E-state index contributed by atoms with van der Waals surface area (Å²) in [5.74, 6) is 1.25. The zero-order valence-electron chi connectivity index (χ0n) is 17.2. The maximum Gasteiger partial charge on any atom is 0.277 e. The highest BCUT2D eigenvalue weighted by molar-refractivity contribution is 7.15. The number of aromatic nitrogens is 4. The van der Waals surface area contributed by atoms with Crippen molar-refractivity contribution in [1.82, 2.24) is 20.0 Å². The van der Waals surface area contributed by atoms with Crippen LogP contribution in [0.5, 0.6) is 11.5 Å². The summed E-state index contributed by atoms with van der Waals surface area (Å²) in [5.41, 5.74) is 2.21. The Labute approximate surface area is 186 Å². The molecule has 0 spiro atoms. The molecule has 1 amide bonds. The second kappa shape index (κ2) is 8.39. The number of thiazole rings is 1. The summed E-state index contributed by atoms with van der Waals surface area (Å²) in [6.07, 6.45) is 0.765. The number of aryl methyl sites for hydroxylation is 2. The number of nitrogens with zero attached hydrogens (tertiary/aromatic N) is 4. The van der Waals surface area contributed by atoms with Crippen LogP contribution in [-0.4, -0.2) is 32.7 Å². The summed E-state index contributed by atoms with van der Waals surface area (Å²) < 4.78 is 12.0. The van der Waals surface area contributed by atoms with Gasteiger partial charge in [-0.15, -0.1) is 16.4 Å². The number of carbonyl (C=O) groups excluding carboxylic acids is 1. The van der Waals surface area contributed by atoms with E-state index in [9.17, 15) is 9.59 Å². The summed E-state index contributed by atoms with van der Waals surface area (Å²) >= 11 is 1.43. The average molecular weight is 449 g/mol. The molecule has 1 N–H and O–H groups in total. The molecule has 1 aliphatic rings. The topological polar surface area (TPSA) is 108 Å². The van der Waals surface area contributed by atoms with Crippen LogP contribution < -0.4 is 20.3 Å². The van der Waals surface area contributed by atoms with E-state index < -0.39 is 0 Å². The van der Waals surface area contributed by atoms with Crippen molar-refractivity contribution in [3.63, 3.8) is 0 Å². The van der Waals surface area contributed by atoms with Crippen LogP contribution in [0.3, 0.4) is 0 Å². The molecule has 1 aliphatic heterocycles. The normalized spacial score (nSPS) is 12.3. The second-order valence-electron chi connectivity index (χ2n) is 7.33. The van der Waals surface area contributed by atoms with Crippen molar-refractivity contribution < 1.29 is 14.3 Å². The van der Waals surface area contributed by atoms with Crippen LogP contribution in [0, 0.1) is 6.92 Å². The zero-order valence-corrected chi connectivity index (χ0v) is 18.0. The fourth-order valence-electron chi connectivity index (χ4n) is 3.44. The van der Waals surface area contributed by atoms with Gasteiger partial charge in [0.2, 0.25) is 12.7 Å². The number of rotatable bonds is 6. The molecule has 4 aromatic rings. The highest BCUT2D eigenvalue weighted by atomic mass is 32.1. The standard InChI is InChI=1S/C22H19N5O4S/c1-13-19(11-14-6-7-17-18(10-14)31-12-30-17)32-22(23-13)24-20(28)8-9-27-21(29)15-4-2-3-5-16(15)25-26-27/h2-7,10H,8-9,11-12H2,1H3,(H,23,24,28). The Morgan fingerprint density at radius 3 is 2.94 bits per heavy atom. The predicted octanol–water partition coefficient (Wildman–Crippen LogP) is 2.90. The van der Waals surface area contributed by atoms with Crippen LogP contribution in [0.2, 0.25) is 0 Å². The van der Waals surface area contributed by atoms with Crippen molar-refractivity contribution >= 4 is 33.3 Å². The van der Waals surface area contributed by atoms with Gasteiger partial charge in [-0.2, -0.15) is 0 Å². The summed E-state index contributed by atoms with van der Waals surface area (Å²) in [4.78, 5) is 30.4. The molecule has 5 rings (SSSR count). The van der Waals surface area contributed by atoms with E-state index in [0.29, 0.717) is 22.5 Å². The fourth-order valence-corrected chi connectivity index (χ4v) is 4.45. The minimum Gasteiger partial charge on any atom is -0.454 e. The first-order valence-electron chi connectivity index (χ1n) is 10.0. The molecule has 2 aromatic carbocycles. The first-order chi connectivity index (χ1) is 15.6. The Balaban J connectivity index is 1.23. The molecule has 10 heteroatoms. The van der Waals surface area contributed by atoms with E-state index in [2.05, 4.69) is 20.6 Å². The fraction of sp³-hybridized carbons (Fsp3) is 0.227. The van der Waals surface area contributed by atoms with E-state index in [0.717, 1.165) is 27.6 Å². The minimum atomic E-state index is -0.264. The third kappa shape index (κ3) is 4.04. The first-order valence-corrected chi connectivity index (χ1v) is 10.9. The Morgan fingerprint density at radius 2 is 2.03 bits per heavy atom. The Bertz CT molecular complexity index is 1380. The average Bonchev–Trinajstić information content (AvgIpc) is 3.39. The molecule has 0 radical (unpaired) electrons. The van der Waals surface area contributed by atoms with Crippen molar-refractivity contribution in [2.45, 2.75) is 26.3 Å². The maximum atomic E-state index is 12.5. The predicted molar refractivity (Wildman–Crippen MR) is 119 cm³/mol. The number of fused-ring (bicyclic) bond motifs is 2. The van der Waals surface area contributed by atoms with E-state index in [1.165, 1.54) is 16.0 Å². The van der Waals surface area contributed by atoms with Gasteiger partial charge < -0.3 is 14.8 Å². The molecule has 0 aliphatic carbocycles. The molecule has 32 heavy (non-hydrogen) atoms. The number of carbonyl (C=O) groups is 1. The van der Waals surface area contributed by atoms with E-state index in [1.54, 1.807) is 24.3 Å². The number of amides is 1. The number of ether oxygens (including phenoxy) is 2. The van der Waals surface area contributed by atoms with Crippen molar-refractivity contribution in [3.8, 4) is 11.5 Å². The highest BCUT2D eigenvalue weighted by Crippen LogP contribution is 2.34. The lowest BCUT2D eigenvalue weighted by atomic mass is 10.1. The Morgan fingerprint density at radius 1 is 1.19 bits per heavy atom. The van der Waals surface area contributed by atoms with Gasteiger partial charge in [-0.3, -0.25) is 9.59 Å². The lowest BCUT2D eigenvalue weighted by Gasteiger charge is -2.05. The van der Waals surface area contributed by atoms with Gasteiger partial charge in [0.15, 0.2) is 16.6 Å². The van der Waals surface area contributed by atoms with Gasteiger partial charge in [0.25, 0.3) is 5.56 Å². The van der Waals surface area contributed by atoms with Crippen LogP contribution in [0.15, 0.2) is 47.3 Å². The summed E-state index contributed by atoms with van der Waals surface area (Å²) in [7, 11) is 0. The van der Waals surface area contributed by atoms with Crippen molar-refractivity contribution in [2.24, 2.45) is 0 Å². The highest BCUT2D eigenvalue weighted by Gasteiger charge is 2.16. The van der Waals surface area contributed by atoms with Gasteiger partial charge in [-0.1, -0.05) is 23.4 Å². The minimum absolute atomic E-state index is 0.0864. The molecule has 0 bridgehead atoms. The van der Waals surface area contributed by atoms with Crippen LogP contribution in [0.1, 0.15) is 22.6 Å². The van der Waals surface area contributed by atoms with Gasteiger partial charge in [-0.05, 0) is 36.8 Å². The molecule has 162 valence electrons. The molecule has 2 aromatic heterocycles. The van der Waals surface area contributed by atoms with E-state index in [1.807, 2.05) is 25.1 Å². The molecular weight excluding hydrogens is 430 g/mol. The van der Waals surface area contributed by atoms with Gasteiger partial charge >= 0.3 is 0 Å². The van der Waals surface area contributed by atoms with E-state index >= 15 is 0 Å². The quantitative estimate of drug-likeness (QED) is 0.482. The smallest absolute Gasteiger partial charge is 0.277 e. The van der Waals surface area contributed by atoms with E-state index in [4.69, 9.17) is 9.47 Å². The monoisotopic (exact) mass is 449 g/mol. The maximum absolute atomic E-state index is 12.5. The number of benzene rings is 2. The molecule has 0 unspecified atom stereocenters.